The van der Waals surface area contributed by atoms with Gasteiger partial charge in [0, 0.05) is 42.9 Å². The van der Waals surface area contributed by atoms with Crippen molar-refractivity contribution in [3.05, 3.63) is 24.3 Å². The number of hydrogen-bond donors (Lipinski definition) is 2. The molecule has 9 heteroatoms. The lowest BCUT2D eigenvalue weighted by molar-refractivity contribution is -0.153. The predicted octanol–water partition coefficient (Wildman–Crippen LogP) is 2.51. The van der Waals surface area contributed by atoms with Crippen LogP contribution in [0.25, 0.3) is 0 Å². The topological polar surface area (TPSA) is 99.2 Å². The number of nitrogens with zero attached hydrogens (tertiary/aromatic N) is 2. The first-order valence-corrected chi connectivity index (χ1v) is 13.2. The third-order valence-electron chi connectivity index (χ3n) is 7.43. The van der Waals surface area contributed by atoms with Crippen LogP contribution in [0.1, 0.15) is 40.0 Å². The maximum absolute atomic E-state index is 13.7. The fourth-order valence-corrected chi connectivity index (χ4v) is 8.20. The van der Waals surface area contributed by atoms with Crippen LogP contribution in [0.5, 0.6) is 0 Å². The number of carbonyl (C=O) groups is 3. The maximum atomic E-state index is 13.7. The van der Waals surface area contributed by atoms with E-state index in [0.717, 1.165) is 25.2 Å². The van der Waals surface area contributed by atoms with Gasteiger partial charge in [0.25, 0.3) is 0 Å². The highest BCUT2D eigenvalue weighted by Crippen LogP contribution is 2.66. The molecule has 3 aliphatic heterocycles. The molecule has 2 N–H and O–H groups in total. The highest BCUT2D eigenvalue weighted by Gasteiger charge is 2.73. The van der Waals surface area contributed by atoms with E-state index in [0.29, 0.717) is 18.5 Å². The molecule has 5 atom stereocenters. The lowest BCUT2D eigenvalue weighted by atomic mass is 9.71. The number of anilines is 2. The van der Waals surface area contributed by atoms with Crippen molar-refractivity contribution < 1.29 is 24.2 Å². The summed E-state index contributed by atoms with van der Waals surface area (Å²) in [5.41, 5.74) is 1.76. The molecule has 2 amide bonds. The molecule has 8 nitrogen and oxygen atoms in total. The van der Waals surface area contributed by atoms with Gasteiger partial charge in [0.05, 0.1) is 23.2 Å². The molecule has 3 fully saturated rings. The number of fused-ring (bicyclic) bond motifs is 1. The van der Waals surface area contributed by atoms with E-state index in [1.165, 1.54) is 0 Å². The molecule has 0 aliphatic carbocycles. The summed E-state index contributed by atoms with van der Waals surface area (Å²) in [5.74, 6) is -1.82. The summed E-state index contributed by atoms with van der Waals surface area (Å²) in [6.45, 7) is 8.25. The van der Waals surface area contributed by atoms with E-state index in [4.69, 9.17) is 4.74 Å². The van der Waals surface area contributed by atoms with Crippen LogP contribution >= 0.6 is 11.8 Å². The molecule has 0 radical (unpaired) electrons. The number of aliphatic hydroxyl groups excluding tert-OH is 1. The van der Waals surface area contributed by atoms with Crippen LogP contribution in [0.4, 0.5) is 11.4 Å². The normalized spacial score (nSPS) is 29.3. The van der Waals surface area contributed by atoms with Gasteiger partial charge < -0.3 is 25.0 Å². The van der Waals surface area contributed by atoms with Crippen molar-refractivity contribution in [2.75, 3.05) is 43.1 Å². The van der Waals surface area contributed by atoms with E-state index in [9.17, 15) is 19.5 Å². The molecule has 186 valence electrons. The van der Waals surface area contributed by atoms with E-state index in [1.54, 1.807) is 23.6 Å². The van der Waals surface area contributed by atoms with Gasteiger partial charge in [-0.2, -0.15) is 0 Å². The number of likely N-dealkylation sites (tertiary alicyclic amines) is 1. The first kappa shape index (κ1) is 24.9. The van der Waals surface area contributed by atoms with Gasteiger partial charge in [0.15, 0.2) is 0 Å². The Labute approximate surface area is 205 Å². The molecule has 3 saturated heterocycles. The van der Waals surface area contributed by atoms with Gasteiger partial charge in [-0.1, -0.05) is 0 Å². The van der Waals surface area contributed by atoms with Gasteiger partial charge in [-0.25, -0.2) is 0 Å². The first-order chi connectivity index (χ1) is 16.4. The molecule has 1 aromatic carbocycles. The predicted molar refractivity (Wildman–Crippen MR) is 133 cm³/mol. The van der Waals surface area contributed by atoms with Crippen molar-refractivity contribution in [2.24, 2.45) is 11.8 Å². The molecule has 3 aliphatic rings. The SMILES string of the molecule is CCOC(=O)[C@@H]1[C@H]2C(=O)N(CCCO)C(C(=O)Nc3ccc(N(CC)CC)cc3)C23CC[C@H]1S3. The molecule has 3 heterocycles. The highest BCUT2D eigenvalue weighted by atomic mass is 32.2. The van der Waals surface area contributed by atoms with E-state index in [2.05, 4.69) is 24.1 Å². The van der Waals surface area contributed by atoms with Gasteiger partial charge >= 0.3 is 5.97 Å². The number of ether oxygens (including phenoxy) is 1. The second kappa shape index (κ2) is 10.2. The number of esters is 1. The number of hydrogen-bond acceptors (Lipinski definition) is 7. The van der Waals surface area contributed by atoms with Crippen molar-refractivity contribution in [1.82, 2.24) is 4.90 Å². The third-order valence-corrected chi connectivity index (χ3v) is 9.38. The lowest BCUT2D eigenvalue weighted by Crippen LogP contribution is -2.51. The Balaban J connectivity index is 1.60. The van der Waals surface area contributed by atoms with Crippen LogP contribution in [0, 0.1) is 11.8 Å². The van der Waals surface area contributed by atoms with Gasteiger partial charge in [0.1, 0.15) is 6.04 Å². The Morgan fingerprint density at radius 1 is 1.24 bits per heavy atom. The van der Waals surface area contributed by atoms with Gasteiger partial charge in [-0.15, -0.1) is 11.8 Å². The zero-order chi connectivity index (χ0) is 24.5. The van der Waals surface area contributed by atoms with Gasteiger partial charge in [-0.3, -0.25) is 14.4 Å². The van der Waals surface area contributed by atoms with Crippen LogP contribution in [0.15, 0.2) is 24.3 Å². The monoisotopic (exact) mass is 489 g/mol. The quantitative estimate of drug-likeness (QED) is 0.487. The number of amides is 2. The molecule has 0 saturated carbocycles. The fraction of sp³-hybridized carbons (Fsp3) is 0.640. The van der Waals surface area contributed by atoms with E-state index in [1.807, 2.05) is 24.3 Å². The van der Waals surface area contributed by atoms with Crippen molar-refractivity contribution in [2.45, 2.75) is 56.1 Å². The number of thioether (sulfide) groups is 1. The molecule has 2 bridgehead atoms. The molecule has 2 unspecified atom stereocenters. The van der Waals surface area contributed by atoms with Crippen LogP contribution in [0.3, 0.4) is 0 Å². The molecule has 1 spiro atoms. The Morgan fingerprint density at radius 2 is 1.94 bits per heavy atom. The fourth-order valence-electron chi connectivity index (χ4n) is 6.00. The van der Waals surface area contributed by atoms with Crippen LogP contribution in [0.2, 0.25) is 0 Å². The number of rotatable bonds is 10. The Morgan fingerprint density at radius 3 is 2.56 bits per heavy atom. The average Bonchev–Trinajstić information content (AvgIpc) is 3.47. The zero-order valence-corrected chi connectivity index (χ0v) is 21.0. The van der Waals surface area contributed by atoms with Crippen molar-refractivity contribution in [3.63, 3.8) is 0 Å². The number of carbonyl (C=O) groups excluding carboxylic acids is 3. The minimum absolute atomic E-state index is 0.00311. The second-order valence-corrected chi connectivity index (χ2v) is 10.7. The van der Waals surface area contributed by atoms with Crippen LogP contribution in [-0.2, 0) is 19.1 Å². The van der Waals surface area contributed by atoms with Gasteiger partial charge in [-0.05, 0) is 64.3 Å². The third kappa shape index (κ3) is 4.06. The maximum Gasteiger partial charge on any atom is 0.310 e. The molecule has 4 rings (SSSR count). The minimum atomic E-state index is -0.687. The summed E-state index contributed by atoms with van der Waals surface area (Å²) in [7, 11) is 0. The summed E-state index contributed by atoms with van der Waals surface area (Å²) in [6.07, 6.45) is 1.88. The highest BCUT2D eigenvalue weighted by molar-refractivity contribution is 8.02. The minimum Gasteiger partial charge on any atom is -0.466 e. The number of benzene rings is 1. The summed E-state index contributed by atoms with van der Waals surface area (Å²) in [5, 5.41) is 12.4. The van der Waals surface area contributed by atoms with Crippen molar-refractivity contribution in [1.29, 1.82) is 0 Å². The van der Waals surface area contributed by atoms with Gasteiger partial charge in [0.2, 0.25) is 11.8 Å². The van der Waals surface area contributed by atoms with E-state index < -0.39 is 22.6 Å². The molecule has 1 aromatic rings. The molecule has 0 aromatic heterocycles. The molecular weight excluding hydrogens is 454 g/mol. The largest absolute Gasteiger partial charge is 0.466 e. The first-order valence-electron chi connectivity index (χ1n) is 12.3. The Kier molecular flexibility index (Phi) is 7.42. The average molecular weight is 490 g/mol. The number of aliphatic hydroxyl groups is 1. The summed E-state index contributed by atoms with van der Waals surface area (Å²) in [6, 6.07) is 7.06. The molecule has 34 heavy (non-hydrogen) atoms. The molecular formula is C25H35N3O5S. The summed E-state index contributed by atoms with van der Waals surface area (Å²) < 4.78 is 4.68. The summed E-state index contributed by atoms with van der Waals surface area (Å²) >= 11 is 1.62. The number of nitrogens with one attached hydrogen (secondary N) is 1. The van der Waals surface area contributed by atoms with E-state index in [-0.39, 0.29) is 42.8 Å². The Hall–Kier alpha value is -2.26. The van der Waals surface area contributed by atoms with Crippen LogP contribution < -0.4 is 10.2 Å². The van der Waals surface area contributed by atoms with Crippen molar-refractivity contribution in [3.8, 4) is 0 Å². The van der Waals surface area contributed by atoms with Crippen LogP contribution in [-0.4, -0.2) is 76.7 Å². The smallest absolute Gasteiger partial charge is 0.310 e. The van der Waals surface area contributed by atoms with E-state index >= 15 is 0 Å². The summed E-state index contributed by atoms with van der Waals surface area (Å²) in [4.78, 5) is 43.9. The van der Waals surface area contributed by atoms with Crippen molar-refractivity contribution >= 4 is 40.9 Å². The lowest BCUT2D eigenvalue weighted by Gasteiger charge is -2.34. The zero-order valence-electron chi connectivity index (χ0n) is 20.2. The second-order valence-electron chi connectivity index (χ2n) is 9.13. The standard InChI is InChI=1S/C25H35N3O5S/c1-4-27(5-2)17-10-8-16(9-11-17)26-22(30)21-25-13-12-18(34-25)19(24(32)33-6-3)20(25)23(31)28(21)14-7-15-29/h8-11,18-21,29H,4-7,12-15H2,1-3H3,(H,26,30)/t18-,19+,20+,21?,25?/m1/s1. The Bertz CT molecular complexity index is 922.